The van der Waals surface area contributed by atoms with Crippen molar-refractivity contribution in [1.29, 1.82) is 0 Å². The molecule has 0 amide bonds. The zero-order valence-electron chi connectivity index (χ0n) is 7.33. The SMILES string of the molecule is C1CCC(C2OCOCO2)CC1. The van der Waals surface area contributed by atoms with Crippen LogP contribution in [-0.4, -0.2) is 19.9 Å². The van der Waals surface area contributed by atoms with Gasteiger partial charge in [0.05, 0.1) is 0 Å². The Kier molecular flexibility index (Phi) is 2.98. The first kappa shape index (κ1) is 8.48. The van der Waals surface area contributed by atoms with Gasteiger partial charge >= 0.3 is 0 Å². The zero-order valence-corrected chi connectivity index (χ0v) is 7.33. The molecule has 0 atom stereocenters. The van der Waals surface area contributed by atoms with Gasteiger partial charge < -0.3 is 14.2 Å². The quantitative estimate of drug-likeness (QED) is 0.604. The third kappa shape index (κ3) is 1.97. The van der Waals surface area contributed by atoms with Crippen molar-refractivity contribution in [3.8, 4) is 0 Å². The van der Waals surface area contributed by atoms with Gasteiger partial charge in [-0.05, 0) is 12.8 Å². The Labute approximate surface area is 73.0 Å². The van der Waals surface area contributed by atoms with Crippen molar-refractivity contribution in [2.24, 2.45) is 5.92 Å². The molecule has 1 aliphatic heterocycles. The van der Waals surface area contributed by atoms with Crippen molar-refractivity contribution in [3.05, 3.63) is 0 Å². The highest BCUT2D eigenvalue weighted by Crippen LogP contribution is 2.29. The molecule has 0 N–H and O–H groups in total. The van der Waals surface area contributed by atoms with Crippen LogP contribution in [0.25, 0.3) is 0 Å². The van der Waals surface area contributed by atoms with Gasteiger partial charge in [0.15, 0.2) is 19.9 Å². The molecule has 0 aromatic rings. The van der Waals surface area contributed by atoms with E-state index in [0.717, 1.165) is 0 Å². The third-order valence-electron chi connectivity index (χ3n) is 2.67. The Hall–Kier alpha value is -0.120. The van der Waals surface area contributed by atoms with E-state index in [1.807, 2.05) is 0 Å². The summed E-state index contributed by atoms with van der Waals surface area (Å²) in [6, 6.07) is 0. The Morgan fingerprint density at radius 1 is 0.833 bits per heavy atom. The average Bonchev–Trinajstić information content (AvgIpc) is 2.21. The second kappa shape index (κ2) is 4.21. The Bertz CT molecular complexity index is 110. The van der Waals surface area contributed by atoms with Gasteiger partial charge in [0, 0.05) is 5.92 Å². The maximum atomic E-state index is 5.37. The van der Waals surface area contributed by atoms with Gasteiger partial charge in [-0.15, -0.1) is 0 Å². The second-order valence-corrected chi connectivity index (χ2v) is 3.54. The van der Waals surface area contributed by atoms with E-state index in [9.17, 15) is 0 Å². The van der Waals surface area contributed by atoms with E-state index < -0.39 is 0 Å². The molecule has 1 aliphatic carbocycles. The van der Waals surface area contributed by atoms with E-state index in [4.69, 9.17) is 14.2 Å². The van der Waals surface area contributed by atoms with Crippen molar-refractivity contribution in [2.75, 3.05) is 13.6 Å². The molecular weight excluding hydrogens is 156 g/mol. The summed E-state index contributed by atoms with van der Waals surface area (Å²) in [5.41, 5.74) is 0. The van der Waals surface area contributed by atoms with Crippen LogP contribution >= 0.6 is 0 Å². The van der Waals surface area contributed by atoms with E-state index in [1.165, 1.54) is 32.1 Å². The molecule has 70 valence electrons. The minimum Gasteiger partial charge on any atom is -0.329 e. The van der Waals surface area contributed by atoms with Crippen LogP contribution in [0.1, 0.15) is 32.1 Å². The van der Waals surface area contributed by atoms with Crippen LogP contribution in [-0.2, 0) is 14.2 Å². The molecule has 3 heteroatoms. The molecule has 1 heterocycles. The molecule has 2 rings (SSSR count). The standard InChI is InChI=1S/C9H16O3/c1-2-4-8(5-3-1)9-11-6-10-7-12-9/h8-9H,1-7H2. The van der Waals surface area contributed by atoms with Crippen LogP contribution in [0.3, 0.4) is 0 Å². The highest BCUT2D eigenvalue weighted by atomic mass is 16.8. The van der Waals surface area contributed by atoms with E-state index in [1.54, 1.807) is 0 Å². The maximum Gasteiger partial charge on any atom is 0.166 e. The molecule has 2 fully saturated rings. The van der Waals surface area contributed by atoms with Crippen LogP contribution < -0.4 is 0 Å². The fourth-order valence-corrected chi connectivity index (χ4v) is 1.99. The van der Waals surface area contributed by atoms with E-state index >= 15 is 0 Å². The molecule has 0 bridgehead atoms. The highest BCUT2D eigenvalue weighted by molar-refractivity contribution is 4.69. The van der Waals surface area contributed by atoms with E-state index in [-0.39, 0.29) is 6.29 Å². The molecule has 1 saturated heterocycles. The van der Waals surface area contributed by atoms with Gasteiger partial charge in [0.1, 0.15) is 0 Å². The van der Waals surface area contributed by atoms with E-state index in [0.29, 0.717) is 19.5 Å². The molecule has 0 aromatic heterocycles. The smallest absolute Gasteiger partial charge is 0.166 e. The molecule has 0 spiro atoms. The fourth-order valence-electron chi connectivity index (χ4n) is 1.99. The Balaban J connectivity index is 1.80. The summed E-state index contributed by atoms with van der Waals surface area (Å²) < 4.78 is 15.7. The lowest BCUT2D eigenvalue weighted by molar-refractivity contribution is -0.316. The predicted molar refractivity (Wildman–Crippen MR) is 43.4 cm³/mol. The summed E-state index contributed by atoms with van der Waals surface area (Å²) >= 11 is 0. The summed E-state index contributed by atoms with van der Waals surface area (Å²) in [4.78, 5) is 0. The molecular formula is C9H16O3. The zero-order chi connectivity index (χ0) is 8.23. The minimum atomic E-state index is 0.0130. The minimum absolute atomic E-state index is 0.0130. The molecule has 0 unspecified atom stereocenters. The number of ether oxygens (including phenoxy) is 3. The first-order valence-corrected chi connectivity index (χ1v) is 4.78. The lowest BCUT2D eigenvalue weighted by Gasteiger charge is -2.32. The summed E-state index contributed by atoms with van der Waals surface area (Å²) in [7, 11) is 0. The number of rotatable bonds is 1. The predicted octanol–water partition coefficient (Wildman–Crippen LogP) is 1.87. The van der Waals surface area contributed by atoms with Gasteiger partial charge in [0.25, 0.3) is 0 Å². The van der Waals surface area contributed by atoms with Gasteiger partial charge in [-0.25, -0.2) is 0 Å². The van der Waals surface area contributed by atoms with Crippen LogP contribution in [0, 0.1) is 5.92 Å². The molecule has 0 aromatic carbocycles. The van der Waals surface area contributed by atoms with Crippen LogP contribution in [0.4, 0.5) is 0 Å². The van der Waals surface area contributed by atoms with Gasteiger partial charge in [-0.2, -0.15) is 0 Å². The second-order valence-electron chi connectivity index (χ2n) is 3.54. The number of hydrogen-bond donors (Lipinski definition) is 0. The van der Waals surface area contributed by atoms with Gasteiger partial charge in [-0.3, -0.25) is 0 Å². The van der Waals surface area contributed by atoms with Crippen molar-refractivity contribution in [3.63, 3.8) is 0 Å². The monoisotopic (exact) mass is 172 g/mol. The van der Waals surface area contributed by atoms with E-state index in [2.05, 4.69) is 0 Å². The average molecular weight is 172 g/mol. The largest absolute Gasteiger partial charge is 0.329 e. The first-order valence-electron chi connectivity index (χ1n) is 4.78. The van der Waals surface area contributed by atoms with Crippen LogP contribution in [0.2, 0.25) is 0 Å². The fraction of sp³-hybridized carbons (Fsp3) is 1.00. The van der Waals surface area contributed by atoms with Crippen molar-refractivity contribution in [1.82, 2.24) is 0 Å². The number of hydrogen-bond acceptors (Lipinski definition) is 3. The van der Waals surface area contributed by atoms with Gasteiger partial charge in [-0.1, -0.05) is 19.3 Å². The normalized spacial score (nSPS) is 29.0. The van der Waals surface area contributed by atoms with Crippen LogP contribution in [0.5, 0.6) is 0 Å². The summed E-state index contributed by atoms with van der Waals surface area (Å²) in [6.45, 7) is 0.808. The molecule has 1 saturated carbocycles. The third-order valence-corrected chi connectivity index (χ3v) is 2.67. The lowest BCUT2D eigenvalue weighted by Crippen LogP contribution is -2.34. The molecule has 12 heavy (non-hydrogen) atoms. The van der Waals surface area contributed by atoms with Crippen molar-refractivity contribution in [2.45, 2.75) is 38.4 Å². The lowest BCUT2D eigenvalue weighted by atomic mass is 9.89. The maximum absolute atomic E-state index is 5.37. The highest BCUT2D eigenvalue weighted by Gasteiger charge is 2.26. The summed E-state index contributed by atoms with van der Waals surface area (Å²) in [6.07, 6.45) is 6.55. The van der Waals surface area contributed by atoms with Crippen molar-refractivity contribution < 1.29 is 14.2 Å². The Morgan fingerprint density at radius 3 is 2.17 bits per heavy atom. The first-order chi connectivity index (χ1) is 5.97. The molecule has 3 nitrogen and oxygen atoms in total. The summed E-state index contributed by atoms with van der Waals surface area (Å²) in [5, 5.41) is 0. The summed E-state index contributed by atoms with van der Waals surface area (Å²) in [5.74, 6) is 0.614. The van der Waals surface area contributed by atoms with Gasteiger partial charge in [0.2, 0.25) is 0 Å². The molecule has 0 radical (unpaired) electrons. The molecule has 2 aliphatic rings. The van der Waals surface area contributed by atoms with Crippen molar-refractivity contribution >= 4 is 0 Å². The Morgan fingerprint density at radius 2 is 1.50 bits per heavy atom. The van der Waals surface area contributed by atoms with Crippen LogP contribution in [0.15, 0.2) is 0 Å². The topological polar surface area (TPSA) is 27.7 Å².